The van der Waals surface area contributed by atoms with Gasteiger partial charge < -0.3 is 19.5 Å². The van der Waals surface area contributed by atoms with Crippen molar-refractivity contribution in [1.82, 2.24) is 10.2 Å². The highest BCUT2D eigenvalue weighted by atomic mass is 32.2. The van der Waals surface area contributed by atoms with Gasteiger partial charge in [0.1, 0.15) is 11.5 Å². The second-order valence-corrected chi connectivity index (χ2v) is 5.71. The number of rotatable bonds is 5. The molecule has 0 aliphatic carbocycles. The third-order valence-electron chi connectivity index (χ3n) is 2.60. The Morgan fingerprint density at radius 1 is 1.40 bits per heavy atom. The van der Waals surface area contributed by atoms with Crippen molar-refractivity contribution in [1.29, 1.82) is 0 Å². The maximum atomic E-state index is 5.65. The van der Waals surface area contributed by atoms with E-state index in [9.17, 15) is 0 Å². The van der Waals surface area contributed by atoms with Crippen molar-refractivity contribution >= 4 is 22.6 Å². The lowest BCUT2D eigenvalue weighted by Crippen LogP contribution is -2.36. The van der Waals surface area contributed by atoms with Gasteiger partial charge in [-0.3, -0.25) is 4.99 Å². The van der Waals surface area contributed by atoms with Crippen LogP contribution in [0.5, 0.6) is 0 Å². The Labute approximate surface area is 123 Å². The average Bonchev–Trinajstić information content (AvgIpc) is 2.86. The van der Waals surface area contributed by atoms with Gasteiger partial charge in [0.15, 0.2) is 17.5 Å². The minimum atomic E-state index is 0.328. The van der Waals surface area contributed by atoms with Gasteiger partial charge in [-0.05, 0) is 26.2 Å². The Balaban J connectivity index is 1.87. The first-order chi connectivity index (χ1) is 9.69. The Hall–Kier alpha value is -1.47. The summed E-state index contributed by atoms with van der Waals surface area (Å²) in [5, 5.41) is 8.09. The van der Waals surface area contributed by atoms with Crippen LogP contribution in [0.2, 0.25) is 0 Å². The molecule has 0 saturated carbocycles. The van der Waals surface area contributed by atoms with Gasteiger partial charge in [-0.25, -0.2) is 0 Å². The SMILES string of the molecule is CN=C1NCCSC1=NOCc1ccc(CN(C)C)o1. The van der Waals surface area contributed by atoms with Crippen molar-refractivity contribution in [2.45, 2.75) is 13.2 Å². The highest BCUT2D eigenvalue weighted by molar-refractivity contribution is 8.15. The molecule has 20 heavy (non-hydrogen) atoms. The average molecular weight is 296 g/mol. The summed E-state index contributed by atoms with van der Waals surface area (Å²) in [6.07, 6.45) is 0. The minimum Gasteiger partial charge on any atom is -0.461 e. The molecule has 1 N–H and O–H groups in total. The standard InChI is InChI=1S/C13H20N4O2S/c1-14-12-13(20-7-6-15-12)16-18-9-11-5-4-10(19-11)8-17(2)3/h4-5H,6-9H2,1-3H3,(H,14,15). The molecule has 1 aliphatic rings. The van der Waals surface area contributed by atoms with E-state index >= 15 is 0 Å². The van der Waals surface area contributed by atoms with Gasteiger partial charge in [-0.15, -0.1) is 0 Å². The van der Waals surface area contributed by atoms with Crippen LogP contribution in [0, 0.1) is 0 Å². The predicted octanol–water partition coefficient (Wildman–Crippen LogP) is 1.54. The van der Waals surface area contributed by atoms with E-state index in [1.807, 2.05) is 26.2 Å². The van der Waals surface area contributed by atoms with Crippen molar-refractivity contribution in [2.24, 2.45) is 10.1 Å². The van der Waals surface area contributed by atoms with E-state index in [1.165, 1.54) is 0 Å². The fraction of sp³-hybridized carbons (Fsp3) is 0.538. The summed E-state index contributed by atoms with van der Waals surface area (Å²) in [4.78, 5) is 11.5. The van der Waals surface area contributed by atoms with Crippen LogP contribution in [0.15, 0.2) is 26.7 Å². The Morgan fingerprint density at radius 3 is 2.95 bits per heavy atom. The van der Waals surface area contributed by atoms with E-state index in [2.05, 4.69) is 20.4 Å². The molecule has 110 valence electrons. The van der Waals surface area contributed by atoms with Crippen molar-refractivity contribution in [3.8, 4) is 0 Å². The van der Waals surface area contributed by atoms with E-state index in [0.717, 1.165) is 41.2 Å². The Kier molecular flexibility index (Phi) is 5.49. The van der Waals surface area contributed by atoms with Gasteiger partial charge in [0.05, 0.1) is 6.54 Å². The van der Waals surface area contributed by atoms with Crippen molar-refractivity contribution in [2.75, 3.05) is 33.4 Å². The molecule has 1 fully saturated rings. The van der Waals surface area contributed by atoms with Crippen LogP contribution in [0.25, 0.3) is 0 Å². The maximum absolute atomic E-state index is 5.65. The van der Waals surface area contributed by atoms with E-state index in [-0.39, 0.29) is 0 Å². The molecular weight excluding hydrogens is 276 g/mol. The van der Waals surface area contributed by atoms with Gasteiger partial charge >= 0.3 is 0 Å². The largest absolute Gasteiger partial charge is 0.461 e. The zero-order valence-corrected chi connectivity index (χ0v) is 12.9. The molecule has 1 aliphatic heterocycles. The predicted molar refractivity (Wildman–Crippen MR) is 82.1 cm³/mol. The summed E-state index contributed by atoms with van der Waals surface area (Å²) >= 11 is 1.64. The molecule has 1 aromatic rings. The van der Waals surface area contributed by atoms with E-state index in [4.69, 9.17) is 9.25 Å². The zero-order valence-electron chi connectivity index (χ0n) is 12.0. The summed E-state index contributed by atoms with van der Waals surface area (Å²) in [5.74, 6) is 3.45. The van der Waals surface area contributed by atoms with Gasteiger partial charge in [0.25, 0.3) is 0 Å². The van der Waals surface area contributed by atoms with E-state index in [0.29, 0.717) is 6.61 Å². The van der Waals surface area contributed by atoms with Crippen molar-refractivity contribution in [3.05, 3.63) is 23.7 Å². The third kappa shape index (κ3) is 4.28. The summed E-state index contributed by atoms with van der Waals surface area (Å²) in [6, 6.07) is 3.88. The summed E-state index contributed by atoms with van der Waals surface area (Å²) in [5.41, 5.74) is 0. The number of hydrogen-bond donors (Lipinski definition) is 1. The van der Waals surface area contributed by atoms with Gasteiger partial charge in [0, 0.05) is 19.3 Å². The number of nitrogens with one attached hydrogen (secondary N) is 1. The second kappa shape index (κ2) is 7.35. The molecule has 0 aromatic carbocycles. The number of nitrogens with zero attached hydrogens (tertiary/aromatic N) is 3. The van der Waals surface area contributed by atoms with E-state index in [1.54, 1.807) is 18.8 Å². The van der Waals surface area contributed by atoms with Crippen LogP contribution in [0.1, 0.15) is 11.5 Å². The monoisotopic (exact) mass is 296 g/mol. The topological polar surface area (TPSA) is 62.4 Å². The number of hydrogen-bond acceptors (Lipinski definition) is 6. The quantitative estimate of drug-likeness (QED) is 0.835. The first-order valence-corrected chi connectivity index (χ1v) is 7.43. The van der Waals surface area contributed by atoms with Gasteiger partial charge in [-0.2, -0.15) is 0 Å². The van der Waals surface area contributed by atoms with Crippen LogP contribution in [-0.4, -0.2) is 49.2 Å². The molecule has 7 heteroatoms. The molecule has 0 spiro atoms. The summed E-state index contributed by atoms with van der Waals surface area (Å²) in [7, 11) is 5.75. The normalized spacial score (nSPS) is 19.6. The van der Waals surface area contributed by atoms with Crippen LogP contribution in [0.4, 0.5) is 0 Å². The molecule has 1 saturated heterocycles. The van der Waals surface area contributed by atoms with Crippen LogP contribution < -0.4 is 5.32 Å². The highest BCUT2D eigenvalue weighted by Gasteiger charge is 2.15. The molecule has 6 nitrogen and oxygen atoms in total. The molecule has 0 unspecified atom stereocenters. The fourth-order valence-electron chi connectivity index (χ4n) is 1.76. The Morgan fingerprint density at radius 2 is 2.20 bits per heavy atom. The Bertz CT molecular complexity index is 496. The summed E-state index contributed by atoms with van der Waals surface area (Å²) in [6.45, 7) is 2.01. The molecule has 0 bridgehead atoms. The fourth-order valence-corrected chi connectivity index (χ4v) is 2.56. The molecule has 2 rings (SSSR count). The maximum Gasteiger partial charge on any atom is 0.177 e. The number of aliphatic imine (C=N–C) groups is 1. The molecule has 0 radical (unpaired) electrons. The lowest BCUT2D eigenvalue weighted by atomic mass is 10.4. The molecule has 2 heterocycles. The van der Waals surface area contributed by atoms with Gasteiger partial charge in [0.2, 0.25) is 0 Å². The zero-order chi connectivity index (χ0) is 14.4. The molecule has 1 aromatic heterocycles. The van der Waals surface area contributed by atoms with Crippen molar-refractivity contribution in [3.63, 3.8) is 0 Å². The minimum absolute atomic E-state index is 0.328. The molecule has 0 atom stereocenters. The lowest BCUT2D eigenvalue weighted by Gasteiger charge is -2.15. The van der Waals surface area contributed by atoms with E-state index < -0.39 is 0 Å². The van der Waals surface area contributed by atoms with Crippen LogP contribution >= 0.6 is 11.8 Å². The van der Waals surface area contributed by atoms with Gasteiger partial charge in [-0.1, -0.05) is 16.9 Å². The van der Waals surface area contributed by atoms with Crippen LogP contribution in [0.3, 0.4) is 0 Å². The lowest BCUT2D eigenvalue weighted by molar-refractivity contribution is 0.114. The summed E-state index contributed by atoms with van der Waals surface area (Å²) < 4.78 is 5.65. The first-order valence-electron chi connectivity index (χ1n) is 6.45. The number of oxime groups is 1. The number of thioether (sulfide) groups is 1. The van der Waals surface area contributed by atoms with Crippen molar-refractivity contribution < 1.29 is 9.25 Å². The number of amidine groups is 1. The molecular formula is C13H20N4O2S. The number of furan rings is 1. The second-order valence-electron chi connectivity index (χ2n) is 4.62. The smallest absolute Gasteiger partial charge is 0.177 e. The highest BCUT2D eigenvalue weighted by Crippen LogP contribution is 2.13. The first kappa shape index (κ1) is 14.9. The molecule has 0 amide bonds. The third-order valence-corrected chi connectivity index (χ3v) is 3.55. The van der Waals surface area contributed by atoms with Crippen LogP contribution in [-0.2, 0) is 18.0 Å².